The van der Waals surface area contributed by atoms with Crippen LogP contribution in [-0.4, -0.2) is 19.6 Å². The van der Waals surface area contributed by atoms with E-state index in [0.29, 0.717) is 0 Å². The zero-order valence-electron chi connectivity index (χ0n) is 5.18. The molecule has 0 radical (unpaired) electrons. The first-order valence-corrected chi connectivity index (χ1v) is 3.11. The first kappa shape index (κ1) is 13.8. The number of alkyl halides is 2. The van der Waals surface area contributed by atoms with Crippen molar-refractivity contribution in [1.29, 1.82) is 0 Å². The van der Waals surface area contributed by atoms with Crippen molar-refractivity contribution in [2.75, 3.05) is 0 Å². The molecule has 0 saturated carbocycles. The molecule has 60 valence electrons. The van der Waals surface area contributed by atoms with E-state index in [4.69, 9.17) is 0 Å². The van der Waals surface area contributed by atoms with Gasteiger partial charge in [-0.05, 0) is 0 Å². The Morgan fingerprint density at radius 2 is 1.64 bits per heavy atom. The Morgan fingerprint density at radius 1 is 1.36 bits per heavy atom. The number of hydrogen-bond acceptors (Lipinski definition) is 4. The van der Waals surface area contributed by atoms with Gasteiger partial charge < -0.3 is 9.90 Å². The topological polar surface area (TPSA) is 74.3 Å². The van der Waals surface area contributed by atoms with Gasteiger partial charge in [-0.3, -0.25) is 0 Å². The average Bonchev–Trinajstić information content (AvgIpc) is 1.62. The van der Waals surface area contributed by atoms with Gasteiger partial charge in [0, 0.05) is 0 Å². The summed E-state index contributed by atoms with van der Waals surface area (Å²) in [6, 6.07) is 0. The van der Waals surface area contributed by atoms with E-state index in [1.165, 1.54) is 0 Å². The van der Waals surface area contributed by atoms with Crippen molar-refractivity contribution in [2.24, 2.45) is 0 Å². The fourth-order valence-corrected chi connectivity index (χ4v) is 0.299. The SMILES string of the molecule is O=C([O-])C(F)(F)S(=O)(=O)F.[Na+]. The van der Waals surface area contributed by atoms with Crippen molar-refractivity contribution in [1.82, 2.24) is 0 Å². The summed E-state index contributed by atoms with van der Waals surface area (Å²) in [5.41, 5.74) is 0. The van der Waals surface area contributed by atoms with Crippen LogP contribution < -0.4 is 34.7 Å². The predicted molar refractivity (Wildman–Crippen MR) is 20.0 cm³/mol. The van der Waals surface area contributed by atoms with Crippen LogP contribution in [0.5, 0.6) is 0 Å². The largest absolute Gasteiger partial charge is 1.00 e. The van der Waals surface area contributed by atoms with Crippen LogP contribution in [0.4, 0.5) is 12.7 Å². The van der Waals surface area contributed by atoms with Crippen LogP contribution >= 0.6 is 0 Å². The minimum atomic E-state index is -6.40. The first-order valence-electron chi connectivity index (χ1n) is 1.73. The molecule has 0 heterocycles. The molecule has 0 spiro atoms. The molecule has 0 atom stereocenters. The molecule has 0 rings (SSSR count). The van der Waals surface area contributed by atoms with E-state index in [0.717, 1.165) is 0 Å². The Balaban J connectivity index is 0. The third-order valence-electron chi connectivity index (χ3n) is 0.544. The molecule has 0 aliphatic carbocycles. The molecule has 0 bridgehead atoms. The molecule has 0 aliphatic rings. The normalized spacial score (nSPS) is 11.9. The van der Waals surface area contributed by atoms with E-state index in [-0.39, 0.29) is 29.6 Å². The van der Waals surface area contributed by atoms with E-state index >= 15 is 0 Å². The molecule has 0 fully saturated rings. The average molecular weight is 200 g/mol. The summed E-state index contributed by atoms with van der Waals surface area (Å²) in [5, 5.41) is 3.74. The fraction of sp³-hybridized carbons (Fsp3) is 0.500. The Bertz CT molecular complexity index is 246. The third kappa shape index (κ3) is 2.97. The number of hydrogen-bond donors (Lipinski definition) is 0. The van der Waals surface area contributed by atoms with Gasteiger partial charge in [0.2, 0.25) is 0 Å². The van der Waals surface area contributed by atoms with E-state index in [9.17, 15) is 31.0 Å². The molecule has 0 amide bonds. The van der Waals surface area contributed by atoms with Crippen LogP contribution in [-0.2, 0) is 15.0 Å². The Labute approximate surface area is 81.9 Å². The maximum absolute atomic E-state index is 11.4. The van der Waals surface area contributed by atoms with E-state index < -0.39 is 21.4 Å². The zero-order valence-corrected chi connectivity index (χ0v) is 7.99. The summed E-state index contributed by atoms with van der Waals surface area (Å²) in [6.07, 6.45) is 0. The van der Waals surface area contributed by atoms with Crippen molar-refractivity contribution >= 4 is 16.2 Å². The summed E-state index contributed by atoms with van der Waals surface area (Å²) < 4.78 is 52.6. The van der Waals surface area contributed by atoms with Gasteiger partial charge in [0.15, 0.2) is 0 Å². The third-order valence-corrected chi connectivity index (χ3v) is 1.32. The second-order valence-electron chi connectivity index (χ2n) is 1.24. The van der Waals surface area contributed by atoms with E-state index in [1.807, 2.05) is 0 Å². The molecule has 9 heteroatoms. The molecule has 0 saturated heterocycles. The summed E-state index contributed by atoms with van der Waals surface area (Å²) in [6.45, 7) is 0. The fourth-order valence-electron chi connectivity index (χ4n) is 0.0995. The monoisotopic (exact) mass is 200 g/mol. The molecule has 0 unspecified atom stereocenters. The molecule has 0 N–H and O–H groups in total. The Morgan fingerprint density at radius 3 is 1.64 bits per heavy atom. The van der Waals surface area contributed by atoms with Gasteiger partial charge >= 0.3 is 45.0 Å². The number of carbonyl (C=O) groups is 1. The minimum Gasteiger partial charge on any atom is -0.543 e. The van der Waals surface area contributed by atoms with Crippen LogP contribution in [0.1, 0.15) is 0 Å². The van der Waals surface area contributed by atoms with Crippen LogP contribution in [0.3, 0.4) is 0 Å². The molecular formula is C2F3NaO4S. The summed E-state index contributed by atoms with van der Waals surface area (Å²) in [7, 11) is -6.40. The number of carbonyl (C=O) groups excluding carboxylic acids is 1. The van der Waals surface area contributed by atoms with Crippen LogP contribution in [0.25, 0.3) is 0 Å². The first-order chi connectivity index (χ1) is 4.19. The predicted octanol–water partition coefficient (Wildman–Crippen LogP) is -4.37. The van der Waals surface area contributed by atoms with Gasteiger partial charge in [-0.15, -0.1) is 0 Å². The Kier molecular flexibility index (Phi) is 4.69. The number of carboxylic acid groups (broad SMARTS) is 1. The van der Waals surface area contributed by atoms with Crippen LogP contribution in [0, 0.1) is 0 Å². The maximum Gasteiger partial charge on any atom is 1.00 e. The van der Waals surface area contributed by atoms with Crippen molar-refractivity contribution in [2.45, 2.75) is 5.25 Å². The van der Waals surface area contributed by atoms with Crippen molar-refractivity contribution in [3.05, 3.63) is 0 Å². The van der Waals surface area contributed by atoms with Gasteiger partial charge in [0.25, 0.3) is 0 Å². The summed E-state index contributed by atoms with van der Waals surface area (Å²) >= 11 is 0. The minimum absolute atomic E-state index is 0. The standard InChI is InChI=1S/C2HF3O4S.Na/c3-2(4,1(6)7)10(5,8)9;/h(H,6,7);/q;+1/p-1. The second-order valence-corrected chi connectivity index (χ2v) is 2.63. The number of rotatable bonds is 2. The second kappa shape index (κ2) is 3.74. The van der Waals surface area contributed by atoms with Gasteiger partial charge in [0.05, 0.1) is 0 Å². The van der Waals surface area contributed by atoms with Crippen molar-refractivity contribution < 1.29 is 60.5 Å². The molecule has 4 nitrogen and oxygen atoms in total. The smallest absolute Gasteiger partial charge is 0.543 e. The van der Waals surface area contributed by atoms with E-state index in [2.05, 4.69) is 0 Å². The van der Waals surface area contributed by atoms with Crippen LogP contribution in [0.2, 0.25) is 0 Å². The van der Waals surface area contributed by atoms with Gasteiger partial charge in [-0.25, -0.2) is 0 Å². The molecule has 0 aromatic heterocycles. The summed E-state index contributed by atoms with van der Waals surface area (Å²) in [4.78, 5) is 9.19. The molecule has 0 aromatic carbocycles. The number of carboxylic acids is 1. The molecule has 0 aromatic rings. The van der Waals surface area contributed by atoms with Crippen molar-refractivity contribution in [3.63, 3.8) is 0 Å². The maximum atomic E-state index is 11.4. The number of aliphatic carboxylic acids is 1. The molecule has 11 heavy (non-hydrogen) atoms. The van der Waals surface area contributed by atoms with E-state index in [1.54, 1.807) is 0 Å². The van der Waals surface area contributed by atoms with Gasteiger partial charge in [-0.2, -0.15) is 17.2 Å². The Hall–Kier alpha value is 0.210. The number of halogens is 3. The zero-order chi connectivity index (χ0) is 8.58. The molecular weight excluding hydrogens is 200 g/mol. The van der Waals surface area contributed by atoms with Crippen molar-refractivity contribution in [3.8, 4) is 0 Å². The van der Waals surface area contributed by atoms with Gasteiger partial charge in [-0.1, -0.05) is 3.89 Å². The van der Waals surface area contributed by atoms with Gasteiger partial charge in [0.1, 0.15) is 5.97 Å². The van der Waals surface area contributed by atoms with Crippen LogP contribution in [0.15, 0.2) is 0 Å². The quantitative estimate of drug-likeness (QED) is 0.333. The summed E-state index contributed by atoms with van der Waals surface area (Å²) in [5.74, 6) is -3.28. The molecule has 0 aliphatic heterocycles.